The molecule has 0 saturated carbocycles. The first-order valence-electron chi connectivity index (χ1n) is 8.35. The molecule has 0 saturated heterocycles. The second kappa shape index (κ2) is 7.29. The summed E-state index contributed by atoms with van der Waals surface area (Å²) in [6.07, 6.45) is 1.77. The van der Waals surface area contributed by atoms with Crippen LogP contribution in [0.15, 0.2) is 51.4 Å². The number of ether oxygens (including phenoxy) is 1. The quantitative estimate of drug-likeness (QED) is 0.760. The molecule has 26 heavy (non-hydrogen) atoms. The number of thiazole rings is 1. The van der Waals surface area contributed by atoms with Crippen LogP contribution in [0.1, 0.15) is 25.5 Å². The van der Waals surface area contributed by atoms with Gasteiger partial charge in [-0.1, -0.05) is 41.7 Å². The molecule has 2 heterocycles. The van der Waals surface area contributed by atoms with E-state index in [0.717, 1.165) is 5.56 Å². The fourth-order valence-electron chi connectivity index (χ4n) is 2.97. The van der Waals surface area contributed by atoms with E-state index in [1.54, 1.807) is 24.6 Å². The Morgan fingerprint density at radius 3 is 2.65 bits per heavy atom. The van der Waals surface area contributed by atoms with E-state index >= 15 is 0 Å². The Bertz CT molecular complexity index is 1030. The molecular formula is C19H21N3O3S. The fourth-order valence-corrected chi connectivity index (χ4v) is 4.08. The second-order valence-electron chi connectivity index (χ2n) is 6.16. The van der Waals surface area contributed by atoms with Crippen LogP contribution in [0.3, 0.4) is 0 Å². The van der Waals surface area contributed by atoms with Gasteiger partial charge >= 0.3 is 5.97 Å². The molecule has 1 aromatic heterocycles. The van der Waals surface area contributed by atoms with Crippen molar-refractivity contribution >= 4 is 23.5 Å². The highest BCUT2D eigenvalue weighted by atomic mass is 32.1. The summed E-state index contributed by atoms with van der Waals surface area (Å²) in [5, 5.41) is 0. The van der Waals surface area contributed by atoms with Crippen LogP contribution in [0.25, 0.3) is 6.20 Å². The van der Waals surface area contributed by atoms with Gasteiger partial charge in [0.15, 0.2) is 4.80 Å². The van der Waals surface area contributed by atoms with Gasteiger partial charge in [-0.05, 0) is 19.4 Å². The Balaban J connectivity index is 2.31. The number of hydrogen-bond acceptors (Lipinski definition) is 6. The lowest BCUT2D eigenvalue weighted by molar-refractivity contribution is -0.139. The van der Waals surface area contributed by atoms with Crippen LogP contribution in [-0.2, 0) is 9.53 Å². The molecule has 2 aromatic rings. The van der Waals surface area contributed by atoms with Gasteiger partial charge in [-0.2, -0.15) is 0 Å². The van der Waals surface area contributed by atoms with Crippen LogP contribution in [0.4, 0.5) is 0 Å². The van der Waals surface area contributed by atoms with E-state index in [0.29, 0.717) is 20.6 Å². The Labute approximate surface area is 155 Å². The third-order valence-electron chi connectivity index (χ3n) is 4.01. The summed E-state index contributed by atoms with van der Waals surface area (Å²) in [5.41, 5.74) is 1.67. The van der Waals surface area contributed by atoms with Crippen LogP contribution in [0, 0.1) is 0 Å². The zero-order valence-corrected chi connectivity index (χ0v) is 16.0. The first-order valence-corrected chi connectivity index (χ1v) is 9.16. The third kappa shape index (κ3) is 3.22. The van der Waals surface area contributed by atoms with Crippen molar-refractivity contribution in [1.29, 1.82) is 0 Å². The van der Waals surface area contributed by atoms with Gasteiger partial charge in [0.2, 0.25) is 0 Å². The molecule has 1 aliphatic rings. The monoisotopic (exact) mass is 371 g/mol. The number of benzene rings is 1. The van der Waals surface area contributed by atoms with Crippen LogP contribution < -0.4 is 14.9 Å². The number of rotatable bonds is 4. The van der Waals surface area contributed by atoms with Crippen molar-refractivity contribution in [3.63, 3.8) is 0 Å². The zero-order chi connectivity index (χ0) is 18.8. The molecule has 0 spiro atoms. The number of hydrogen-bond donors (Lipinski definition) is 0. The van der Waals surface area contributed by atoms with Crippen LogP contribution in [-0.4, -0.2) is 36.1 Å². The molecule has 1 aliphatic heterocycles. The minimum Gasteiger partial charge on any atom is -0.463 e. The molecule has 136 valence electrons. The Hall–Kier alpha value is -2.67. The Morgan fingerprint density at radius 1 is 1.35 bits per heavy atom. The molecule has 0 aliphatic carbocycles. The standard InChI is InChI=1S/C19H21N3O3S/c1-5-25-18(24)15-12(2)20-19-22(16(15)13-9-7-6-8-10-13)17(23)14(26-19)11-21(3)4/h6-11,16H,5H2,1-4H3/b14-11-/t16-/m1/s1. The molecule has 0 radical (unpaired) electrons. The molecule has 0 amide bonds. The Morgan fingerprint density at radius 2 is 2.04 bits per heavy atom. The lowest BCUT2D eigenvalue weighted by atomic mass is 9.96. The highest BCUT2D eigenvalue weighted by Crippen LogP contribution is 2.30. The largest absolute Gasteiger partial charge is 0.463 e. The topological polar surface area (TPSA) is 63.9 Å². The van der Waals surface area contributed by atoms with Gasteiger partial charge in [-0.3, -0.25) is 9.36 Å². The van der Waals surface area contributed by atoms with Gasteiger partial charge in [0.1, 0.15) is 4.53 Å². The van der Waals surface area contributed by atoms with Gasteiger partial charge < -0.3 is 9.64 Å². The maximum absolute atomic E-state index is 13.0. The van der Waals surface area contributed by atoms with Crippen LogP contribution in [0.5, 0.6) is 0 Å². The molecule has 0 fully saturated rings. The first kappa shape index (κ1) is 18.1. The van der Waals surface area contributed by atoms with E-state index in [2.05, 4.69) is 4.99 Å². The van der Waals surface area contributed by atoms with E-state index in [1.807, 2.05) is 49.3 Å². The number of fused-ring (bicyclic) bond motifs is 1. The predicted molar refractivity (Wildman–Crippen MR) is 101 cm³/mol. The van der Waals surface area contributed by atoms with E-state index in [9.17, 15) is 9.59 Å². The maximum atomic E-state index is 13.0. The smallest absolute Gasteiger partial charge is 0.338 e. The molecule has 0 unspecified atom stereocenters. The maximum Gasteiger partial charge on any atom is 0.338 e. The number of carbonyl (C=O) groups excluding carboxylic acids is 1. The van der Waals surface area contributed by atoms with Crippen molar-refractivity contribution in [1.82, 2.24) is 9.47 Å². The molecule has 1 atom stereocenters. The average Bonchev–Trinajstić information content (AvgIpc) is 2.89. The minimum atomic E-state index is -0.546. The summed E-state index contributed by atoms with van der Waals surface area (Å²) < 4.78 is 7.41. The summed E-state index contributed by atoms with van der Waals surface area (Å²) in [5.74, 6) is -0.440. The second-order valence-corrected chi connectivity index (χ2v) is 7.17. The van der Waals surface area contributed by atoms with E-state index in [-0.39, 0.29) is 12.2 Å². The van der Waals surface area contributed by atoms with Crippen molar-refractivity contribution in [3.05, 3.63) is 66.9 Å². The number of esters is 1. The lowest BCUT2D eigenvalue weighted by Crippen LogP contribution is -2.40. The van der Waals surface area contributed by atoms with E-state index < -0.39 is 12.0 Å². The summed E-state index contributed by atoms with van der Waals surface area (Å²) in [4.78, 5) is 32.6. The van der Waals surface area contributed by atoms with Gasteiger partial charge in [0.25, 0.3) is 5.56 Å². The van der Waals surface area contributed by atoms with Gasteiger partial charge in [-0.15, -0.1) is 0 Å². The van der Waals surface area contributed by atoms with Gasteiger partial charge in [-0.25, -0.2) is 9.79 Å². The molecule has 0 N–H and O–H groups in total. The highest BCUT2D eigenvalue weighted by molar-refractivity contribution is 7.07. The number of nitrogens with zero attached hydrogens (tertiary/aromatic N) is 3. The van der Waals surface area contributed by atoms with Crippen LogP contribution >= 0.6 is 11.3 Å². The molecule has 3 rings (SSSR count). The SMILES string of the molecule is CCOC(=O)C1=C(C)N=c2s/c(=C\N(C)C)c(=O)n2[C@@H]1c1ccccc1. The molecule has 6 nitrogen and oxygen atoms in total. The first-order chi connectivity index (χ1) is 12.4. The highest BCUT2D eigenvalue weighted by Gasteiger charge is 2.33. The number of aromatic nitrogens is 1. The normalized spacial score (nSPS) is 16.9. The molecule has 1 aromatic carbocycles. The fraction of sp³-hybridized carbons (Fsp3) is 0.316. The lowest BCUT2D eigenvalue weighted by Gasteiger charge is -2.24. The minimum absolute atomic E-state index is 0.161. The average molecular weight is 371 g/mol. The summed E-state index contributed by atoms with van der Waals surface area (Å²) in [6, 6.07) is 8.96. The molecule has 7 heteroatoms. The van der Waals surface area contributed by atoms with E-state index in [1.165, 1.54) is 11.3 Å². The van der Waals surface area contributed by atoms with Crippen molar-refractivity contribution in [2.75, 3.05) is 20.7 Å². The van der Waals surface area contributed by atoms with Crippen molar-refractivity contribution in [2.45, 2.75) is 19.9 Å². The van der Waals surface area contributed by atoms with Crippen molar-refractivity contribution < 1.29 is 9.53 Å². The van der Waals surface area contributed by atoms with Crippen molar-refractivity contribution in [3.8, 4) is 0 Å². The van der Waals surface area contributed by atoms with Gasteiger partial charge in [0.05, 0.1) is 23.9 Å². The molecule has 0 bridgehead atoms. The Kier molecular flexibility index (Phi) is 5.08. The number of allylic oxidation sites excluding steroid dienone is 1. The number of carbonyl (C=O) groups is 1. The van der Waals surface area contributed by atoms with Gasteiger partial charge in [0, 0.05) is 20.3 Å². The zero-order valence-electron chi connectivity index (χ0n) is 15.2. The van der Waals surface area contributed by atoms with E-state index in [4.69, 9.17) is 4.74 Å². The molecular weight excluding hydrogens is 350 g/mol. The predicted octanol–water partition coefficient (Wildman–Crippen LogP) is 1.27. The summed E-state index contributed by atoms with van der Waals surface area (Å²) in [6.45, 7) is 3.81. The van der Waals surface area contributed by atoms with Crippen molar-refractivity contribution in [2.24, 2.45) is 4.99 Å². The van der Waals surface area contributed by atoms with Crippen LogP contribution in [0.2, 0.25) is 0 Å². The third-order valence-corrected chi connectivity index (χ3v) is 4.98. The summed E-state index contributed by atoms with van der Waals surface area (Å²) >= 11 is 1.32. The summed E-state index contributed by atoms with van der Waals surface area (Å²) in [7, 11) is 3.73.